The van der Waals surface area contributed by atoms with Crippen LogP contribution >= 0.6 is 15.9 Å². The summed E-state index contributed by atoms with van der Waals surface area (Å²) in [6, 6.07) is 7.55. The van der Waals surface area contributed by atoms with Crippen LogP contribution in [0, 0.1) is 5.92 Å². The lowest BCUT2D eigenvalue weighted by molar-refractivity contribution is -0.130. The Labute approximate surface area is 97.8 Å². The highest BCUT2D eigenvalue weighted by Crippen LogP contribution is 2.17. The van der Waals surface area contributed by atoms with E-state index in [1.807, 2.05) is 24.3 Å². The Balaban J connectivity index is 2.75. The van der Waals surface area contributed by atoms with Crippen molar-refractivity contribution in [2.45, 2.75) is 20.3 Å². The lowest BCUT2D eigenvalue weighted by atomic mass is 9.97. The molecule has 0 bridgehead atoms. The van der Waals surface area contributed by atoms with Gasteiger partial charge in [-0.3, -0.25) is 9.59 Å². The summed E-state index contributed by atoms with van der Waals surface area (Å²) in [5.41, 5.74) is 0.926. The summed E-state index contributed by atoms with van der Waals surface area (Å²) in [6.07, 6.45) is 0.308. The van der Waals surface area contributed by atoms with Crippen molar-refractivity contribution in [2.75, 3.05) is 0 Å². The zero-order valence-electron chi connectivity index (χ0n) is 8.79. The third-order valence-corrected chi connectivity index (χ3v) is 3.19. The second-order valence-corrected chi connectivity index (χ2v) is 4.42. The molecule has 80 valence electrons. The number of hydrogen-bond donors (Lipinski definition) is 0. The summed E-state index contributed by atoms with van der Waals surface area (Å²) >= 11 is 3.37. The van der Waals surface area contributed by atoms with Crippen LogP contribution in [0.5, 0.6) is 0 Å². The van der Waals surface area contributed by atoms with Crippen molar-refractivity contribution in [3.63, 3.8) is 0 Å². The molecule has 1 aromatic carbocycles. The van der Waals surface area contributed by atoms with Crippen molar-refractivity contribution in [3.05, 3.63) is 34.3 Å². The van der Waals surface area contributed by atoms with Crippen LogP contribution < -0.4 is 0 Å². The minimum Gasteiger partial charge on any atom is -0.299 e. The largest absolute Gasteiger partial charge is 0.299 e. The topological polar surface area (TPSA) is 34.1 Å². The lowest BCUT2D eigenvalue weighted by Gasteiger charge is -2.07. The number of carbonyl (C=O) groups excluding carboxylic acids is 2. The summed E-state index contributed by atoms with van der Waals surface area (Å²) in [7, 11) is 0. The zero-order chi connectivity index (χ0) is 11.4. The monoisotopic (exact) mass is 268 g/mol. The number of halogens is 1. The first-order valence-electron chi connectivity index (χ1n) is 4.79. The molecule has 0 aromatic heterocycles. The van der Waals surface area contributed by atoms with Gasteiger partial charge in [-0.25, -0.2) is 0 Å². The quantitative estimate of drug-likeness (QED) is 0.787. The second kappa shape index (κ2) is 5.21. The van der Waals surface area contributed by atoms with Crippen molar-refractivity contribution in [1.29, 1.82) is 0 Å². The van der Waals surface area contributed by atoms with Gasteiger partial charge in [-0.05, 0) is 25.5 Å². The fourth-order valence-corrected chi connectivity index (χ4v) is 1.63. The number of Topliss-reactive ketones (excluding diaryl/α,β-unsaturated/α-hetero) is 2. The lowest BCUT2D eigenvalue weighted by Crippen LogP contribution is -2.20. The number of rotatable bonds is 4. The molecule has 0 aliphatic rings. The fourth-order valence-electron chi connectivity index (χ4n) is 1.21. The summed E-state index contributed by atoms with van der Waals surface area (Å²) in [5.74, 6) is -0.612. The predicted octanol–water partition coefficient (Wildman–Crippen LogP) is 2.79. The smallest absolute Gasteiger partial charge is 0.147 e. The molecule has 1 atom stereocenters. The molecule has 0 aliphatic carbocycles. The zero-order valence-corrected chi connectivity index (χ0v) is 10.4. The molecule has 0 radical (unpaired) electrons. The summed E-state index contributed by atoms with van der Waals surface area (Å²) in [5, 5.41) is 0. The molecule has 0 saturated heterocycles. The van der Waals surface area contributed by atoms with Gasteiger partial charge in [-0.15, -0.1) is 0 Å². The van der Waals surface area contributed by atoms with Gasteiger partial charge in [0.05, 0.1) is 5.92 Å². The first-order valence-corrected chi connectivity index (χ1v) is 5.58. The molecule has 3 heteroatoms. The van der Waals surface area contributed by atoms with Crippen molar-refractivity contribution < 1.29 is 9.59 Å². The van der Waals surface area contributed by atoms with Gasteiger partial charge in [0.2, 0.25) is 0 Å². The minimum absolute atomic E-state index is 0.0330. The van der Waals surface area contributed by atoms with Gasteiger partial charge in [-0.2, -0.15) is 0 Å². The average molecular weight is 269 g/mol. The van der Waals surface area contributed by atoms with E-state index in [0.29, 0.717) is 6.42 Å². The predicted molar refractivity (Wildman–Crippen MR) is 62.7 cm³/mol. The van der Waals surface area contributed by atoms with E-state index in [9.17, 15) is 9.59 Å². The van der Waals surface area contributed by atoms with Crippen molar-refractivity contribution in [3.8, 4) is 0 Å². The van der Waals surface area contributed by atoms with E-state index in [1.54, 1.807) is 6.92 Å². The molecule has 0 aliphatic heterocycles. The Kier molecular flexibility index (Phi) is 4.21. The first kappa shape index (κ1) is 12.1. The number of hydrogen-bond acceptors (Lipinski definition) is 2. The molecule has 1 rings (SSSR count). The van der Waals surface area contributed by atoms with E-state index in [2.05, 4.69) is 15.9 Å². The SMILES string of the molecule is CC(=O)C(C)C(=O)Cc1ccccc1Br. The van der Waals surface area contributed by atoms with Gasteiger partial charge in [0.15, 0.2) is 0 Å². The number of ketones is 2. The molecular formula is C12H13BrO2. The van der Waals surface area contributed by atoms with Crippen molar-refractivity contribution >= 4 is 27.5 Å². The molecule has 1 aromatic rings. The molecule has 0 saturated carbocycles. The molecule has 0 heterocycles. The normalized spacial score (nSPS) is 12.2. The number of benzene rings is 1. The van der Waals surface area contributed by atoms with Crippen LogP contribution in [-0.4, -0.2) is 11.6 Å². The van der Waals surface area contributed by atoms with Gasteiger partial charge < -0.3 is 0 Å². The molecule has 0 fully saturated rings. The standard InChI is InChI=1S/C12H13BrO2/c1-8(9(2)14)12(15)7-10-5-3-4-6-11(10)13/h3-6,8H,7H2,1-2H3. The maximum atomic E-state index is 11.7. The van der Waals surface area contributed by atoms with Gasteiger partial charge in [0, 0.05) is 10.9 Å². The molecule has 15 heavy (non-hydrogen) atoms. The molecule has 0 N–H and O–H groups in total. The van der Waals surface area contributed by atoms with E-state index in [0.717, 1.165) is 10.0 Å². The fraction of sp³-hybridized carbons (Fsp3) is 0.333. The Bertz CT molecular complexity index is 385. The van der Waals surface area contributed by atoms with Crippen LogP contribution in [0.15, 0.2) is 28.7 Å². The second-order valence-electron chi connectivity index (χ2n) is 3.57. The highest BCUT2D eigenvalue weighted by molar-refractivity contribution is 9.10. The Morgan fingerprint density at radius 3 is 2.47 bits per heavy atom. The highest BCUT2D eigenvalue weighted by atomic mass is 79.9. The van der Waals surface area contributed by atoms with Crippen LogP contribution in [0.25, 0.3) is 0 Å². The molecular weight excluding hydrogens is 256 g/mol. The maximum absolute atomic E-state index is 11.7. The average Bonchev–Trinajstić information content (AvgIpc) is 2.20. The van der Waals surface area contributed by atoms with E-state index >= 15 is 0 Å². The summed E-state index contributed by atoms with van der Waals surface area (Å²) in [6.45, 7) is 3.10. The van der Waals surface area contributed by atoms with Gasteiger partial charge in [0.25, 0.3) is 0 Å². The molecule has 1 unspecified atom stereocenters. The third-order valence-electron chi connectivity index (χ3n) is 2.42. The van der Waals surface area contributed by atoms with Gasteiger partial charge in [-0.1, -0.05) is 34.1 Å². The minimum atomic E-state index is -0.503. The van der Waals surface area contributed by atoms with Crippen LogP contribution in [0.1, 0.15) is 19.4 Å². The first-order chi connectivity index (χ1) is 7.02. The van der Waals surface area contributed by atoms with Crippen LogP contribution in [0.4, 0.5) is 0 Å². The van der Waals surface area contributed by atoms with Crippen LogP contribution in [0.2, 0.25) is 0 Å². The molecule has 2 nitrogen and oxygen atoms in total. The van der Waals surface area contributed by atoms with E-state index in [4.69, 9.17) is 0 Å². The Morgan fingerprint density at radius 1 is 1.33 bits per heavy atom. The third kappa shape index (κ3) is 3.27. The highest BCUT2D eigenvalue weighted by Gasteiger charge is 2.18. The van der Waals surface area contributed by atoms with Gasteiger partial charge in [0.1, 0.15) is 11.6 Å². The van der Waals surface area contributed by atoms with E-state index < -0.39 is 5.92 Å². The van der Waals surface area contributed by atoms with Gasteiger partial charge >= 0.3 is 0 Å². The van der Waals surface area contributed by atoms with E-state index in [-0.39, 0.29) is 11.6 Å². The number of carbonyl (C=O) groups is 2. The Morgan fingerprint density at radius 2 is 1.93 bits per heavy atom. The molecule has 0 amide bonds. The molecule has 0 spiro atoms. The summed E-state index contributed by atoms with van der Waals surface area (Å²) < 4.78 is 0.911. The van der Waals surface area contributed by atoms with Crippen LogP contribution in [-0.2, 0) is 16.0 Å². The maximum Gasteiger partial charge on any atom is 0.147 e. The summed E-state index contributed by atoms with van der Waals surface area (Å²) in [4.78, 5) is 22.7. The van der Waals surface area contributed by atoms with Crippen molar-refractivity contribution in [2.24, 2.45) is 5.92 Å². The van der Waals surface area contributed by atoms with E-state index in [1.165, 1.54) is 6.92 Å². The Hall–Kier alpha value is -0.960. The van der Waals surface area contributed by atoms with Crippen molar-refractivity contribution in [1.82, 2.24) is 0 Å². The van der Waals surface area contributed by atoms with Crippen LogP contribution in [0.3, 0.4) is 0 Å².